The van der Waals surface area contributed by atoms with Crippen LogP contribution in [0.5, 0.6) is 0 Å². The molecule has 2 amide bonds. The van der Waals surface area contributed by atoms with Gasteiger partial charge < -0.3 is 20.1 Å². The summed E-state index contributed by atoms with van der Waals surface area (Å²) in [4.78, 5) is 33.4. The van der Waals surface area contributed by atoms with Crippen molar-refractivity contribution in [3.63, 3.8) is 0 Å². The number of amides is 2. The minimum Gasteiger partial charge on any atom is -0.389 e. The van der Waals surface area contributed by atoms with Crippen LogP contribution in [0, 0.1) is 5.41 Å². The van der Waals surface area contributed by atoms with Gasteiger partial charge in [-0.1, -0.05) is 12.8 Å². The number of fused-ring (bicyclic) bond motifs is 1. The van der Waals surface area contributed by atoms with E-state index in [1.165, 1.54) is 0 Å². The summed E-state index contributed by atoms with van der Waals surface area (Å²) >= 11 is 0. The quantitative estimate of drug-likeness (QED) is 0.638. The van der Waals surface area contributed by atoms with Gasteiger partial charge in [0.2, 0.25) is 11.8 Å². The maximum absolute atomic E-state index is 14.1. The smallest absolute Gasteiger partial charge is 0.248 e. The molecule has 1 saturated heterocycles. The van der Waals surface area contributed by atoms with Gasteiger partial charge in [0.05, 0.1) is 28.8 Å². The number of nitrogens with zero attached hydrogens (tertiary/aromatic N) is 3. The normalized spacial score (nSPS) is 29.5. The van der Waals surface area contributed by atoms with E-state index in [1.807, 2.05) is 6.07 Å². The molecule has 2 aromatic rings. The van der Waals surface area contributed by atoms with Crippen molar-refractivity contribution in [1.29, 1.82) is 0 Å². The Balaban J connectivity index is 1.35. The van der Waals surface area contributed by atoms with Crippen LogP contribution in [-0.4, -0.2) is 68.4 Å². The number of aromatic nitrogens is 3. The molecular weight excluding hydrogens is 422 g/mol. The number of ether oxygens (including phenoxy) is 1. The lowest BCUT2D eigenvalue weighted by Gasteiger charge is -2.49. The Morgan fingerprint density at radius 2 is 1.91 bits per heavy atom. The van der Waals surface area contributed by atoms with Gasteiger partial charge in [-0.3, -0.25) is 14.7 Å². The summed E-state index contributed by atoms with van der Waals surface area (Å²) in [6, 6.07) is 3.01. The molecule has 3 aliphatic rings. The monoisotopic (exact) mass is 455 g/mol. The molecule has 1 atom stereocenters. The summed E-state index contributed by atoms with van der Waals surface area (Å²) in [5.74, 6) is 0.175. The first-order valence-corrected chi connectivity index (χ1v) is 12.1. The zero-order chi connectivity index (χ0) is 23.1. The van der Waals surface area contributed by atoms with Crippen molar-refractivity contribution >= 4 is 28.7 Å². The number of aliphatic hydroxyl groups is 1. The van der Waals surface area contributed by atoms with E-state index < -0.39 is 17.1 Å². The average molecular weight is 456 g/mol. The molecule has 33 heavy (non-hydrogen) atoms. The van der Waals surface area contributed by atoms with Gasteiger partial charge in [0.15, 0.2) is 0 Å². The molecule has 2 aliphatic carbocycles. The van der Waals surface area contributed by atoms with Crippen molar-refractivity contribution in [2.24, 2.45) is 5.41 Å². The number of hydrogen-bond donors (Lipinski definition) is 3. The second kappa shape index (κ2) is 8.68. The van der Waals surface area contributed by atoms with Crippen LogP contribution in [0.1, 0.15) is 64.2 Å². The SMILES string of the molecule is COC1CCC(O)(C2(C(=O)N3CCC[C@@H]3C(=O)Nc3ccc4[nH]ncc4n3)CCCC2)CC1. The Hall–Kier alpha value is -2.52. The number of nitrogens with one attached hydrogen (secondary N) is 2. The molecule has 1 aliphatic heterocycles. The molecule has 5 rings (SSSR count). The average Bonchev–Trinajstić information content (AvgIpc) is 3.59. The van der Waals surface area contributed by atoms with E-state index in [9.17, 15) is 14.7 Å². The van der Waals surface area contributed by atoms with Gasteiger partial charge >= 0.3 is 0 Å². The second-order valence-corrected chi connectivity index (χ2v) is 9.90. The summed E-state index contributed by atoms with van der Waals surface area (Å²) in [5, 5.41) is 21.5. The Labute approximate surface area is 193 Å². The van der Waals surface area contributed by atoms with E-state index in [4.69, 9.17) is 4.74 Å². The molecule has 0 spiro atoms. The van der Waals surface area contributed by atoms with Crippen LogP contribution in [0.15, 0.2) is 18.3 Å². The Morgan fingerprint density at radius 1 is 1.15 bits per heavy atom. The molecule has 2 saturated carbocycles. The van der Waals surface area contributed by atoms with E-state index in [0.29, 0.717) is 50.0 Å². The minimum absolute atomic E-state index is 0.0470. The summed E-state index contributed by atoms with van der Waals surface area (Å²) in [5.41, 5.74) is -0.369. The lowest BCUT2D eigenvalue weighted by atomic mass is 9.62. The standard InChI is InChI=1S/C24H33N5O4/c1-33-16-8-12-24(32,13-9-16)23(10-2-3-11-23)22(31)29-14-4-5-19(29)21(30)27-20-7-6-17-18(26-20)15-25-28-17/h6-7,15-16,19,32H,2-5,8-14H2,1H3,(H,25,28)(H,26,27,30)/t16?,19-,24?/m1/s1. The van der Waals surface area contributed by atoms with Crippen LogP contribution in [-0.2, 0) is 14.3 Å². The Bertz CT molecular complexity index is 1020. The number of carbonyl (C=O) groups is 2. The van der Waals surface area contributed by atoms with Gasteiger partial charge in [-0.15, -0.1) is 0 Å². The lowest BCUT2D eigenvalue weighted by Crippen LogP contribution is -2.60. The van der Waals surface area contributed by atoms with Gasteiger partial charge in [-0.25, -0.2) is 4.98 Å². The maximum Gasteiger partial charge on any atom is 0.248 e. The Kier molecular flexibility index (Phi) is 5.86. The fraction of sp³-hybridized carbons (Fsp3) is 0.667. The van der Waals surface area contributed by atoms with Crippen molar-refractivity contribution in [2.75, 3.05) is 19.0 Å². The minimum atomic E-state index is -1.03. The Morgan fingerprint density at radius 3 is 2.64 bits per heavy atom. The van der Waals surface area contributed by atoms with Crippen LogP contribution in [0.25, 0.3) is 11.0 Å². The van der Waals surface area contributed by atoms with Crippen molar-refractivity contribution in [1.82, 2.24) is 20.1 Å². The fourth-order valence-electron chi connectivity index (χ4n) is 6.31. The van der Waals surface area contributed by atoms with E-state index in [1.54, 1.807) is 24.3 Å². The number of rotatable bonds is 5. The summed E-state index contributed by atoms with van der Waals surface area (Å²) in [7, 11) is 1.71. The lowest BCUT2D eigenvalue weighted by molar-refractivity contribution is -0.173. The maximum atomic E-state index is 14.1. The number of anilines is 1. The molecule has 3 heterocycles. The van der Waals surface area contributed by atoms with Crippen LogP contribution >= 0.6 is 0 Å². The van der Waals surface area contributed by atoms with Crippen molar-refractivity contribution in [3.8, 4) is 0 Å². The molecule has 0 radical (unpaired) electrons. The summed E-state index contributed by atoms with van der Waals surface area (Å²) in [6.45, 7) is 0.545. The van der Waals surface area contributed by atoms with Crippen LogP contribution in [0.2, 0.25) is 0 Å². The first-order chi connectivity index (χ1) is 16.0. The van der Waals surface area contributed by atoms with Crippen LogP contribution < -0.4 is 5.32 Å². The molecular formula is C24H33N5O4. The molecule has 0 aromatic carbocycles. The molecule has 9 nitrogen and oxygen atoms in total. The third-order valence-electron chi connectivity index (χ3n) is 8.21. The fourth-order valence-corrected chi connectivity index (χ4v) is 6.31. The molecule has 3 fully saturated rings. The largest absolute Gasteiger partial charge is 0.389 e. The highest BCUT2D eigenvalue weighted by molar-refractivity contribution is 5.98. The molecule has 178 valence electrons. The van der Waals surface area contributed by atoms with E-state index >= 15 is 0 Å². The highest BCUT2D eigenvalue weighted by Gasteiger charge is 2.59. The van der Waals surface area contributed by atoms with Crippen molar-refractivity contribution in [2.45, 2.75) is 82.0 Å². The van der Waals surface area contributed by atoms with Gasteiger partial charge in [-0.05, 0) is 63.5 Å². The first-order valence-electron chi connectivity index (χ1n) is 12.1. The summed E-state index contributed by atoms with van der Waals surface area (Å²) < 4.78 is 5.50. The number of hydrogen-bond acceptors (Lipinski definition) is 6. The number of likely N-dealkylation sites (tertiary alicyclic amines) is 1. The van der Waals surface area contributed by atoms with Gasteiger partial charge in [0.25, 0.3) is 0 Å². The van der Waals surface area contributed by atoms with E-state index in [-0.39, 0.29) is 17.9 Å². The number of pyridine rings is 1. The zero-order valence-corrected chi connectivity index (χ0v) is 19.2. The number of H-pyrrole nitrogens is 1. The van der Waals surface area contributed by atoms with E-state index in [0.717, 1.165) is 37.6 Å². The first kappa shape index (κ1) is 22.3. The molecule has 3 N–H and O–H groups in total. The van der Waals surface area contributed by atoms with Crippen LogP contribution in [0.4, 0.5) is 5.82 Å². The van der Waals surface area contributed by atoms with Crippen LogP contribution in [0.3, 0.4) is 0 Å². The number of carbonyl (C=O) groups excluding carboxylic acids is 2. The van der Waals surface area contributed by atoms with Crippen molar-refractivity contribution in [3.05, 3.63) is 18.3 Å². The zero-order valence-electron chi connectivity index (χ0n) is 19.2. The third kappa shape index (κ3) is 3.81. The number of aromatic amines is 1. The van der Waals surface area contributed by atoms with Crippen molar-refractivity contribution < 1.29 is 19.4 Å². The number of methoxy groups -OCH3 is 1. The topological polar surface area (TPSA) is 120 Å². The van der Waals surface area contributed by atoms with Gasteiger partial charge in [0.1, 0.15) is 17.4 Å². The predicted octanol–water partition coefficient (Wildman–Crippen LogP) is 2.77. The predicted molar refractivity (Wildman–Crippen MR) is 122 cm³/mol. The third-order valence-corrected chi connectivity index (χ3v) is 8.21. The molecule has 0 unspecified atom stereocenters. The summed E-state index contributed by atoms with van der Waals surface area (Å²) in [6.07, 6.45) is 9.03. The molecule has 0 bridgehead atoms. The molecule has 9 heteroatoms. The highest BCUT2D eigenvalue weighted by atomic mass is 16.5. The molecule has 2 aromatic heterocycles. The highest BCUT2D eigenvalue weighted by Crippen LogP contribution is 2.54. The second-order valence-electron chi connectivity index (χ2n) is 9.90. The van der Waals surface area contributed by atoms with Gasteiger partial charge in [-0.2, -0.15) is 5.10 Å². The van der Waals surface area contributed by atoms with E-state index in [2.05, 4.69) is 20.5 Å². The van der Waals surface area contributed by atoms with Gasteiger partial charge in [0, 0.05) is 13.7 Å².